The number of halogens is 2. The van der Waals surface area contributed by atoms with Crippen molar-refractivity contribution in [1.29, 1.82) is 0 Å². The molecule has 1 heterocycles. The summed E-state index contributed by atoms with van der Waals surface area (Å²) in [6.07, 6.45) is 1.87. The second kappa shape index (κ2) is 13.2. The number of hydrogen-bond acceptors (Lipinski definition) is 7. The summed E-state index contributed by atoms with van der Waals surface area (Å²) in [5, 5.41) is 11.6. The lowest BCUT2D eigenvalue weighted by molar-refractivity contribution is -0.138. The molecule has 1 N–H and O–H groups in total. The quantitative estimate of drug-likeness (QED) is 0.240. The first-order valence-electron chi connectivity index (χ1n) is 11.2. The van der Waals surface area contributed by atoms with Gasteiger partial charge in [0.25, 0.3) is 0 Å². The Labute approximate surface area is 232 Å². The Morgan fingerprint density at radius 2 is 1.92 bits per heavy atom. The number of aliphatic hydroxyl groups is 1. The minimum absolute atomic E-state index is 0.115. The van der Waals surface area contributed by atoms with Gasteiger partial charge in [0.05, 0.1) is 21.7 Å². The van der Waals surface area contributed by atoms with E-state index in [-0.39, 0.29) is 29.4 Å². The Kier molecular flexibility index (Phi) is 10.3. The number of thioether (sulfide) groups is 1. The normalized spacial score (nSPS) is 15.5. The van der Waals surface area contributed by atoms with Crippen molar-refractivity contribution in [1.82, 2.24) is 0 Å². The molecule has 36 heavy (non-hydrogen) atoms. The van der Waals surface area contributed by atoms with Crippen molar-refractivity contribution in [3.8, 4) is 11.5 Å². The van der Waals surface area contributed by atoms with E-state index < -0.39 is 11.9 Å². The summed E-state index contributed by atoms with van der Waals surface area (Å²) in [5.74, 6) is -0.298. The number of carbonyl (C=O) groups excluding carboxylic acids is 2. The van der Waals surface area contributed by atoms with Crippen LogP contribution in [0.25, 0.3) is 6.08 Å². The second-order valence-electron chi connectivity index (χ2n) is 7.40. The molecule has 7 nitrogen and oxygen atoms in total. The van der Waals surface area contributed by atoms with E-state index in [0.717, 1.165) is 20.9 Å². The number of aliphatic imine (C=N–C) groups is 1. The van der Waals surface area contributed by atoms with Crippen molar-refractivity contribution in [3.63, 3.8) is 0 Å². The average Bonchev–Trinajstić information content (AvgIpc) is 3.13. The van der Waals surface area contributed by atoms with E-state index in [1.165, 1.54) is 0 Å². The van der Waals surface area contributed by atoms with Crippen molar-refractivity contribution in [3.05, 3.63) is 72.4 Å². The third-order valence-electron chi connectivity index (χ3n) is 4.80. The van der Waals surface area contributed by atoms with Crippen LogP contribution in [0.2, 0.25) is 5.02 Å². The molecule has 2 aromatic carbocycles. The van der Waals surface area contributed by atoms with Crippen LogP contribution in [0.15, 0.2) is 57.6 Å². The maximum Gasteiger partial charge on any atom is 0.344 e. The summed E-state index contributed by atoms with van der Waals surface area (Å²) < 4.78 is 17.7. The van der Waals surface area contributed by atoms with E-state index in [1.54, 1.807) is 32.1 Å². The zero-order chi connectivity index (χ0) is 26.2. The van der Waals surface area contributed by atoms with E-state index >= 15 is 0 Å². The van der Waals surface area contributed by atoms with Crippen LogP contribution in [0.5, 0.6) is 11.5 Å². The van der Waals surface area contributed by atoms with Gasteiger partial charge in [0.15, 0.2) is 11.5 Å². The van der Waals surface area contributed by atoms with Gasteiger partial charge in [-0.15, -0.1) is 0 Å². The second-order valence-corrected chi connectivity index (χ2v) is 10.0. The predicted octanol–water partition coefficient (Wildman–Crippen LogP) is 6.72. The smallest absolute Gasteiger partial charge is 0.344 e. The van der Waals surface area contributed by atoms with E-state index in [9.17, 15) is 14.7 Å². The Morgan fingerprint density at radius 3 is 2.58 bits per heavy atom. The third-order valence-corrected chi connectivity index (χ3v) is 6.86. The highest BCUT2D eigenvalue weighted by atomic mass is 127. The molecule has 0 saturated heterocycles. The number of rotatable bonds is 9. The molecule has 2 aromatic rings. The molecular weight excluding hydrogens is 617 g/mol. The Morgan fingerprint density at radius 1 is 1.14 bits per heavy atom. The van der Waals surface area contributed by atoms with Crippen LogP contribution in [0.1, 0.15) is 38.3 Å². The number of amides is 1. The lowest BCUT2D eigenvalue weighted by Gasteiger charge is -2.15. The minimum Gasteiger partial charge on any atom is -0.506 e. The molecule has 10 heteroatoms. The summed E-state index contributed by atoms with van der Waals surface area (Å²) in [7, 11) is 0. The molecular formula is C26H25ClINO6S. The van der Waals surface area contributed by atoms with Gasteiger partial charge in [0.2, 0.25) is 5.91 Å². The molecule has 0 aliphatic carbocycles. The van der Waals surface area contributed by atoms with Crippen molar-refractivity contribution in [2.45, 2.75) is 33.8 Å². The van der Waals surface area contributed by atoms with Gasteiger partial charge in [0, 0.05) is 11.4 Å². The van der Waals surface area contributed by atoms with E-state index in [4.69, 9.17) is 25.8 Å². The first-order chi connectivity index (χ1) is 17.3. The number of aliphatic hydroxyl groups excluding tert-OH is 1. The summed E-state index contributed by atoms with van der Waals surface area (Å²) in [5.41, 5.74) is 1.51. The topological polar surface area (TPSA) is 94.4 Å². The molecule has 1 aliphatic rings. The van der Waals surface area contributed by atoms with Crippen LogP contribution in [-0.4, -0.2) is 35.2 Å². The monoisotopic (exact) mass is 641 g/mol. The van der Waals surface area contributed by atoms with Gasteiger partial charge in [-0.1, -0.05) is 42.4 Å². The number of benzene rings is 2. The number of esters is 1. The van der Waals surface area contributed by atoms with E-state index in [1.807, 2.05) is 31.2 Å². The number of carbonyl (C=O) groups is 2. The van der Waals surface area contributed by atoms with E-state index in [0.29, 0.717) is 40.2 Å². The molecule has 0 saturated carbocycles. The van der Waals surface area contributed by atoms with Crippen LogP contribution in [0, 0.1) is 3.57 Å². The highest BCUT2D eigenvalue weighted by Crippen LogP contribution is 2.41. The Bertz CT molecular complexity index is 1260. The zero-order valence-electron chi connectivity index (χ0n) is 20.0. The third kappa shape index (κ3) is 7.04. The van der Waals surface area contributed by atoms with Gasteiger partial charge in [-0.25, -0.2) is 9.79 Å². The minimum atomic E-state index is -0.733. The van der Waals surface area contributed by atoms with Gasteiger partial charge >= 0.3 is 5.97 Å². The lowest BCUT2D eigenvalue weighted by atomic mass is 10.1. The molecule has 0 radical (unpaired) electrons. The molecule has 0 spiro atoms. The Balaban J connectivity index is 1.96. The maximum absolute atomic E-state index is 12.5. The van der Waals surface area contributed by atoms with Crippen LogP contribution >= 0.6 is 46.0 Å². The van der Waals surface area contributed by atoms with Crippen LogP contribution in [-0.2, 0) is 20.9 Å². The molecule has 0 unspecified atom stereocenters. The van der Waals surface area contributed by atoms with Gasteiger partial charge in [-0.3, -0.25) is 4.79 Å². The number of ether oxygens (including phenoxy) is 3. The fraction of sp³-hybridized carbons (Fsp3) is 0.269. The fourth-order valence-corrected chi connectivity index (χ4v) is 5.22. The molecule has 1 aliphatic heterocycles. The number of hydrogen-bond donors (Lipinski definition) is 1. The zero-order valence-corrected chi connectivity index (χ0v) is 23.7. The van der Waals surface area contributed by atoms with Crippen molar-refractivity contribution >= 4 is 68.9 Å². The average molecular weight is 642 g/mol. The summed E-state index contributed by atoms with van der Waals surface area (Å²) in [6.45, 7) is 6.07. The van der Waals surface area contributed by atoms with Gasteiger partial charge in [-0.05, 0) is 77.9 Å². The van der Waals surface area contributed by atoms with Crippen molar-refractivity contribution < 1.29 is 28.9 Å². The predicted molar refractivity (Wildman–Crippen MR) is 151 cm³/mol. The van der Waals surface area contributed by atoms with Gasteiger partial charge in [0.1, 0.15) is 23.0 Å². The van der Waals surface area contributed by atoms with E-state index in [2.05, 4.69) is 27.6 Å². The van der Waals surface area contributed by atoms with Crippen molar-refractivity contribution in [2.75, 3.05) is 13.2 Å². The lowest BCUT2D eigenvalue weighted by Crippen LogP contribution is -2.14. The van der Waals surface area contributed by atoms with Crippen LogP contribution in [0.3, 0.4) is 0 Å². The first kappa shape index (κ1) is 28.1. The molecule has 3 rings (SSSR count). The molecule has 0 bridgehead atoms. The summed E-state index contributed by atoms with van der Waals surface area (Å²) >= 11 is 9.27. The van der Waals surface area contributed by atoms with Crippen LogP contribution in [0.4, 0.5) is 0 Å². The molecule has 0 fully saturated rings. The fourth-order valence-electron chi connectivity index (χ4n) is 3.19. The summed E-state index contributed by atoms with van der Waals surface area (Å²) in [4.78, 5) is 28.7. The standard InChI is InChI=1S/C26H25ClINO6S/c1-4-21(30)29-25-22(26(32)34-6-3)23(31)20(36-25)13-16-11-18(28)24(19(12-16)33-5-2)35-14-15-8-7-9-17(27)10-15/h7-13,31H,4-6,14H2,1-3H3/b20-13-,29-25?. The maximum atomic E-state index is 12.5. The molecule has 1 amide bonds. The SMILES string of the molecule is CCOC(=O)C1=C(O)/C(=C/c2cc(I)c(OCc3cccc(Cl)c3)c(OCC)c2)SC1=NC(=O)CC. The van der Waals surface area contributed by atoms with Crippen molar-refractivity contribution in [2.24, 2.45) is 4.99 Å². The van der Waals surface area contributed by atoms with Gasteiger partial charge in [-0.2, -0.15) is 0 Å². The largest absolute Gasteiger partial charge is 0.506 e. The molecule has 190 valence electrons. The molecule has 0 aromatic heterocycles. The molecule has 0 atom stereocenters. The van der Waals surface area contributed by atoms with Crippen LogP contribution < -0.4 is 9.47 Å². The summed E-state index contributed by atoms with van der Waals surface area (Å²) in [6, 6.07) is 11.1. The highest BCUT2D eigenvalue weighted by molar-refractivity contribution is 14.1. The first-order valence-corrected chi connectivity index (χ1v) is 13.5. The Hall–Kier alpha value is -2.50. The van der Waals surface area contributed by atoms with Gasteiger partial charge < -0.3 is 19.3 Å². The highest BCUT2D eigenvalue weighted by Gasteiger charge is 2.33. The number of nitrogens with zero attached hydrogens (tertiary/aromatic N) is 1.